The molecule has 90 valence electrons. The van der Waals surface area contributed by atoms with Crippen LogP contribution >= 0.6 is 0 Å². The standard InChI is InChI=1S/C12H14N2O3/c1-17-10-4-2-9(3-5-10)14-7-8(12(13)16)6-11(14)15/h2-5,8H,6-7H2,1H3,(H2,13,16). The van der Waals surface area contributed by atoms with Crippen molar-refractivity contribution >= 4 is 17.5 Å². The Kier molecular flexibility index (Phi) is 2.99. The van der Waals surface area contributed by atoms with Crippen molar-refractivity contribution in [3.63, 3.8) is 0 Å². The fourth-order valence-corrected chi connectivity index (χ4v) is 1.91. The van der Waals surface area contributed by atoms with Gasteiger partial charge in [0.25, 0.3) is 0 Å². The second-order valence-corrected chi connectivity index (χ2v) is 4.01. The predicted molar refractivity (Wildman–Crippen MR) is 62.6 cm³/mol. The lowest BCUT2D eigenvalue weighted by Gasteiger charge is -2.16. The second kappa shape index (κ2) is 4.45. The molecule has 2 rings (SSSR count). The summed E-state index contributed by atoms with van der Waals surface area (Å²) in [6.45, 7) is 0.362. The first kappa shape index (κ1) is 11.4. The van der Waals surface area contributed by atoms with Crippen LogP contribution in [0, 0.1) is 5.92 Å². The number of ether oxygens (including phenoxy) is 1. The van der Waals surface area contributed by atoms with Crippen LogP contribution in [-0.2, 0) is 9.59 Å². The Balaban J connectivity index is 2.17. The van der Waals surface area contributed by atoms with E-state index >= 15 is 0 Å². The largest absolute Gasteiger partial charge is 0.497 e. The first-order chi connectivity index (χ1) is 8.11. The molecule has 1 unspecified atom stereocenters. The number of hydrogen-bond donors (Lipinski definition) is 1. The zero-order chi connectivity index (χ0) is 12.4. The van der Waals surface area contributed by atoms with Crippen molar-refractivity contribution in [2.75, 3.05) is 18.6 Å². The van der Waals surface area contributed by atoms with Crippen LogP contribution in [0.5, 0.6) is 5.75 Å². The molecule has 5 nitrogen and oxygen atoms in total. The second-order valence-electron chi connectivity index (χ2n) is 4.01. The van der Waals surface area contributed by atoms with E-state index < -0.39 is 5.91 Å². The van der Waals surface area contributed by atoms with E-state index in [0.29, 0.717) is 6.54 Å². The molecule has 1 aromatic rings. The van der Waals surface area contributed by atoms with Gasteiger partial charge in [-0.1, -0.05) is 0 Å². The number of benzene rings is 1. The minimum atomic E-state index is -0.422. The topological polar surface area (TPSA) is 72.6 Å². The molecule has 1 aromatic carbocycles. The Morgan fingerprint density at radius 3 is 2.53 bits per heavy atom. The molecule has 0 aromatic heterocycles. The number of anilines is 1. The van der Waals surface area contributed by atoms with E-state index in [4.69, 9.17) is 10.5 Å². The lowest BCUT2D eigenvalue weighted by atomic mass is 10.1. The quantitative estimate of drug-likeness (QED) is 0.829. The maximum Gasteiger partial charge on any atom is 0.227 e. The minimum Gasteiger partial charge on any atom is -0.497 e. The highest BCUT2D eigenvalue weighted by atomic mass is 16.5. The lowest BCUT2D eigenvalue weighted by molar-refractivity contribution is -0.123. The van der Waals surface area contributed by atoms with Gasteiger partial charge in [-0.25, -0.2) is 0 Å². The zero-order valence-electron chi connectivity index (χ0n) is 9.55. The SMILES string of the molecule is COc1ccc(N2CC(C(N)=O)CC2=O)cc1. The number of carbonyl (C=O) groups excluding carboxylic acids is 2. The Morgan fingerprint density at radius 2 is 2.06 bits per heavy atom. The third-order valence-corrected chi connectivity index (χ3v) is 2.91. The molecule has 0 aliphatic carbocycles. The highest BCUT2D eigenvalue weighted by Crippen LogP contribution is 2.26. The van der Waals surface area contributed by atoms with Gasteiger partial charge in [0, 0.05) is 18.7 Å². The molecule has 0 spiro atoms. The lowest BCUT2D eigenvalue weighted by Crippen LogP contribution is -2.28. The Morgan fingerprint density at radius 1 is 1.41 bits per heavy atom. The molecule has 1 saturated heterocycles. The number of rotatable bonds is 3. The smallest absolute Gasteiger partial charge is 0.227 e. The molecule has 2 N–H and O–H groups in total. The van der Waals surface area contributed by atoms with Gasteiger partial charge in [-0.05, 0) is 24.3 Å². The van der Waals surface area contributed by atoms with Gasteiger partial charge >= 0.3 is 0 Å². The van der Waals surface area contributed by atoms with Crippen LogP contribution < -0.4 is 15.4 Å². The average molecular weight is 234 g/mol. The Bertz CT molecular complexity index is 442. The number of amides is 2. The molecule has 0 radical (unpaired) electrons. The predicted octanol–water partition coefficient (Wildman–Crippen LogP) is 0.533. The molecule has 1 atom stereocenters. The third kappa shape index (κ3) is 2.22. The van der Waals surface area contributed by atoms with E-state index in [0.717, 1.165) is 11.4 Å². The number of methoxy groups -OCH3 is 1. The fourth-order valence-electron chi connectivity index (χ4n) is 1.91. The van der Waals surface area contributed by atoms with Gasteiger partial charge in [0.2, 0.25) is 11.8 Å². The maximum absolute atomic E-state index is 11.7. The number of nitrogens with zero attached hydrogens (tertiary/aromatic N) is 1. The van der Waals surface area contributed by atoms with Crippen molar-refractivity contribution in [1.29, 1.82) is 0 Å². The van der Waals surface area contributed by atoms with E-state index in [9.17, 15) is 9.59 Å². The summed E-state index contributed by atoms with van der Waals surface area (Å²) < 4.78 is 5.04. The molecule has 0 saturated carbocycles. The molecule has 17 heavy (non-hydrogen) atoms. The van der Waals surface area contributed by atoms with Gasteiger partial charge in [-0.15, -0.1) is 0 Å². The van der Waals surface area contributed by atoms with Crippen LogP contribution in [0.2, 0.25) is 0 Å². The van der Waals surface area contributed by atoms with Gasteiger partial charge in [0.1, 0.15) is 5.75 Å². The summed E-state index contributed by atoms with van der Waals surface area (Å²) in [6.07, 6.45) is 0.196. The third-order valence-electron chi connectivity index (χ3n) is 2.91. The van der Waals surface area contributed by atoms with Crippen molar-refractivity contribution in [2.45, 2.75) is 6.42 Å². The number of carbonyl (C=O) groups is 2. The summed E-state index contributed by atoms with van der Waals surface area (Å²) >= 11 is 0. The van der Waals surface area contributed by atoms with Crippen LogP contribution in [0.25, 0.3) is 0 Å². The van der Waals surface area contributed by atoms with Crippen molar-refractivity contribution in [2.24, 2.45) is 11.7 Å². The fraction of sp³-hybridized carbons (Fsp3) is 0.333. The van der Waals surface area contributed by atoms with Crippen LogP contribution in [0.3, 0.4) is 0 Å². The van der Waals surface area contributed by atoms with E-state index in [1.807, 2.05) is 0 Å². The number of nitrogens with two attached hydrogens (primary N) is 1. The van der Waals surface area contributed by atoms with Crippen LogP contribution in [0.4, 0.5) is 5.69 Å². The highest BCUT2D eigenvalue weighted by Gasteiger charge is 2.33. The summed E-state index contributed by atoms with van der Waals surface area (Å²) in [5.74, 6) is -0.148. The minimum absolute atomic E-state index is 0.0704. The first-order valence-electron chi connectivity index (χ1n) is 5.35. The normalized spacial score (nSPS) is 19.5. The number of primary amides is 1. The summed E-state index contributed by atoms with van der Waals surface area (Å²) in [4.78, 5) is 24.4. The van der Waals surface area contributed by atoms with Gasteiger partial charge in [0.05, 0.1) is 13.0 Å². The Labute approximate surface area is 99.2 Å². The summed E-state index contributed by atoms with van der Waals surface area (Å²) in [7, 11) is 1.58. The molecule has 0 bridgehead atoms. The first-order valence-corrected chi connectivity index (χ1v) is 5.35. The maximum atomic E-state index is 11.7. The average Bonchev–Trinajstić information content (AvgIpc) is 2.72. The van der Waals surface area contributed by atoms with Gasteiger partial charge < -0.3 is 15.4 Å². The molecule has 5 heteroatoms. The van der Waals surface area contributed by atoms with Crippen LogP contribution in [0.15, 0.2) is 24.3 Å². The van der Waals surface area contributed by atoms with Crippen molar-refractivity contribution in [3.05, 3.63) is 24.3 Å². The molecule has 1 aliphatic heterocycles. The van der Waals surface area contributed by atoms with Gasteiger partial charge in [-0.3, -0.25) is 9.59 Å². The van der Waals surface area contributed by atoms with Crippen molar-refractivity contribution < 1.29 is 14.3 Å². The molecule has 1 fully saturated rings. The Hall–Kier alpha value is -2.04. The van der Waals surface area contributed by atoms with Crippen LogP contribution in [0.1, 0.15) is 6.42 Å². The molecule has 1 aliphatic rings. The molecular weight excluding hydrogens is 220 g/mol. The monoisotopic (exact) mass is 234 g/mol. The molecule has 2 amide bonds. The number of hydrogen-bond acceptors (Lipinski definition) is 3. The highest BCUT2D eigenvalue weighted by molar-refractivity contribution is 6.00. The van der Waals surface area contributed by atoms with Crippen molar-refractivity contribution in [1.82, 2.24) is 0 Å². The summed E-state index contributed by atoms with van der Waals surface area (Å²) in [6, 6.07) is 7.14. The van der Waals surface area contributed by atoms with E-state index in [-0.39, 0.29) is 18.2 Å². The molecular formula is C12H14N2O3. The van der Waals surface area contributed by atoms with Gasteiger partial charge in [-0.2, -0.15) is 0 Å². The zero-order valence-corrected chi connectivity index (χ0v) is 9.55. The summed E-state index contributed by atoms with van der Waals surface area (Å²) in [5.41, 5.74) is 5.97. The van der Waals surface area contributed by atoms with E-state index in [2.05, 4.69) is 0 Å². The van der Waals surface area contributed by atoms with Gasteiger partial charge in [0.15, 0.2) is 0 Å². The van der Waals surface area contributed by atoms with Crippen molar-refractivity contribution in [3.8, 4) is 5.75 Å². The molecule has 1 heterocycles. The van der Waals surface area contributed by atoms with E-state index in [1.165, 1.54) is 0 Å². The van der Waals surface area contributed by atoms with E-state index in [1.54, 1.807) is 36.3 Å². The van der Waals surface area contributed by atoms with Crippen LogP contribution in [-0.4, -0.2) is 25.5 Å². The summed E-state index contributed by atoms with van der Waals surface area (Å²) in [5, 5.41) is 0.